The first kappa shape index (κ1) is 15.3. The summed E-state index contributed by atoms with van der Waals surface area (Å²) in [6.45, 7) is 2.50. The summed E-state index contributed by atoms with van der Waals surface area (Å²) in [5.41, 5.74) is 2.02. The smallest absolute Gasteiger partial charge is 0.322 e. The quantitative estimate of drug-likeness (QED) is 0.837. The zero-order chi connectivity index (χ0) is 16.4. The molecule has 2 aromatic rings. The van der Waals surface area contributed by atoms with E-state index in [4.69, 9.17) is 9.84 Å². The van der Waals surface area contributed by atoms with E-state index in [9.17, 15) is 9.59 Å². The van der Waals surface area contributed by atoms with E-state index in [2.05, 4.69) is 15.2 Å². The lowest BCUT2D eigenvalue weighted by Gasteiger charge is -2.27. The fourth-order valence-electron chi connectivity index (χ4n) is 2.63. The molecule has 1 aromatic heterocycles. The zero-order valence-corrected chi connectivity index (χ0v) is 12.8. The summed E-state index contributed by atoms with van der Waals surface area (Å²) < 4.78 is 7.34. The van der Waals surface area contributed by atoms with E-state index in [1.54, 1.807) is 12.1 Å². The molecular weight excluding hydrogens is 300 g/mol. The summed E-state index contributed by atoms with van der Waals surface area (Å²) in [6.07, 6.45) is 0. The standard InChI is InChI=1S/C15H18N4O4/c1-18-12-3-2-10(14(22)16-9-13(20)21)8-11(12)17-15(18)19-4-6-23-7-5-19/h2-3,8H,4-7,9H2,1H3,(H,16,22)(H,20,21). The molecule has 1 aliphatic rings. The predicted molar refractivity (Wildman–Crippen MR) is 83.7 cm³/mol. The molecule has 8 heteroatoms. The number of carboxylic acids is 1. The highest BCUT2D eigenvalue weighted by molar-refractivity contribution is 5.98. The first-order valence-electron chi connectivity index (χ1n) is 7.35. The number of rotatable bonds is 4. The minimum Gasteiger partial charge on any atom is -0.480 e. The number of anilines is 1. The summed E-state index contributed by atoms with van der Waals surface area (Å²) in [7, 11) is 1.93. The minimum atomic E-state index is -1.08. The first-order valence-corrected chi connectivity index (χ1v) is 7.35. The maximum absolute atomic E-state index is 12.0. The molecule has 1 aliphatic heterocycles. The molecule has 3 rings (SSSR count). The van der Waals surface area contributed by atoms with Gasteiger partial charge in [-0.3, -0.25) is 9.59 Å². The Hall–Kier alpha value is -2.61. The van der Waals surface area contributed by atoms with E-state index < -0.39 is 18.4 Å². The number of aromatic nitrogens is 2. The van der Waals surface area contributed by atoms with Crippen LogP contribution in [0.1, 0.15) is 10.4 Å². The monoisotopic (exact) mass is 318 g/mol. The Labute approximate surface area is 132 Å². The Morgan fingerprint density at radius 1 is 1.35 bits per heavy atom. The van der Waals surface area contributed by atoms with Crippen molar-refractivity contribution in [3.63, 3.8) is 0 Å². The van der Waals surface area contributed by atoms with Crippen LogP contribution in [0.3, 0.4) is 0 Å². The molecule has 2 heterocycles. The normalized spacial score (nSPS) is 14.9. The van der Waals surface area contributed by atoms with Gasteiger partial charge in [-0.25, -0.2) is 4.98 Å². The second-order valence-corrected chi connectivity index (χ2v) is 5.35. The number of benzene rings is 1. The highest BCUT2D eigenvalue weighted by Gasteiger charge is 2.18. The number of imidazole rings is 1. The van der Waals surface area contributed by atoms with Crippen molar-refractivity contribution in [2.24, 2.45) is 7.05 Å². The lowest BCUT2D eigenvalue weighted by atomic mass is 10.2. The number of fused-ring (bicyclic) bond motifs is 1. The first-order chi connectivity index (χ1) is 11.1. The van der Waals surface area contributed by atoms with Crippen LogP contribution in [0.25, 0.3) is 11.0 Å². The van der Waals surface area contributed by atoms with Gasteiger partial charge in [0.25, 0.3) is 5.91 Å². The Balaban J connectivity index is 1.88. The fourth-order valence-corrected chi connectivity index (χ4v) is 2.63. The number of carbonyl (C=O) groups excluding carboxylic acids is 1. The topological polar surface area (TPSA) is 96.7 Å². The highest BCUT2D eigenvalue weighted by Crippen LogP contribution is 2.23. The summed E-state index contributed by atoms with van der Waals surface area (Å²) >= 11 is 0. The van der Waals surface area contributed by atoms with Crippen molar-refractivity contribution in [3.05, 3.63) is 23.8 Å². The molecule has 0 saturated carbocycles. The van der Waals surface area contributed by atoms with E-state index in [-0.39, 0.29) is 0 Å². The Morgan fingerprint density at radius 3 is 2.78 bits per heavy atom. The van der Waals surface area contributed by atoms with E-state index in [1.807, 2.05) is 17.7 Å². The van der Waals surface area contributed by atoms with Gasteiger partial charge in [0.05, 0.1) is 24.2 Å². The number of morpholine rings is 1. The van der Waals surface area contributed by atoms with Gasteiger partial charge in [-0.05, 0) is 18.2 Å². The van der Waals surface area contributed by atoms with Gasteiger partial charge >= 0.3 is 5.97 Å². The molecule has 1 aromatic carbocycles. The third kappa shape index (κ3) is 3.11. The molecule has 8 nitrogen and oxygen atoms in total. The van der Waals surface area contributed by atoms with E-state index in [1.165, 1.54) is 0 Å². The third-order valence-electron chi connectivity index (χ3n) is 3.81. The number of aliphatic carboxylic acids is 1. The number of carboxylic acid groups (broad SMARTS) is 1. The van der Waals surface area contributed by atoms with Crippen molar-refractivity contribution in [1.29, 1.82) is 0 Å². The Bertz CT molecular complexity index is 749. The van der Waals surface area contributed by atoms with Gasteiger partial charge in [-0.1, -0.05) is 0 Å². The van der Waals surface area contributed by atoms with E-state index >= 15 is 0 Å². The van der Waals surface area contributed by atoms with Gasteiger partial charge in [0.1, 0.15) is 6.54 Å². The molecular formula is C15H18N4O4. The van der Waals surface area contributed by atoms with Crippen molar-refractivity contribution in [2.75, 3.05) is 37.7 Å². The summed E-state index contributed by atoms with van der Waals surface area (Å²) in [5.74, 6) is -0.661. The molecule has 1 amide bonds. The summed E-state index contributed by atoms with van der Waals surface area (Å²) in [5, 5.41) is 11.0. The molecule has 122 valence electrons. The average molecular weight is 318 g/mol. The summed E-state index contributed by atoms with van der Waals surface area (Å²) in [6, 6.07) is 5.17. The molecule has 0 spiro atoms. The predicted octanol–water partition coefficient (Wildman–Crippen LogP) is 0.224. The van der Waals surface area contributed by atoms with Crippen molar-refractivity contribution in [1.82, 2.24) is 14.9 Å². The van der Waals surface area contributed by atoms with Gasteiger partial charge in [0.15, 0.2) is 0 Å². The number of amides is 1. The minimum absolute atomic E-state index is 0.394. The van der Waals surface area contributed by atoms with Crippen LogP contribution in [0.4, 0.5) is 5.95 Å². The molecule has 1 saturated heterocycles. The second-order valence-electron chi connectivity index (χ2n) is 5.35. The molecule has 1 fully saturated rings. The zero-order valence-electron chi connectivity index (χ0n) is 12.8. The van der Waals surface area contributed by atoms with Gasteiger partial charge in [0.2, 0.25) is 5.95 Å². The second kappa shape index (κ2) is 6.25. The number of hydrogen-bond acceptors (Lipinski definition) is 5. The maximum atomic E-state index is 12.0. The van der Waals surface area contributed by atoms with E-state index in [0.29, 0.717) is 24.3 Å². The van der Waals surface area contributed by atoms with Crippen LogP contribution in [-0.2, 0) is 16.6 Å². The van der Waals surface area contributed by atoms with Gasteiger partial charge in [-0.2, -0.15) is 0 Å². The SMILES string of the molecule is Cn1c(N2CCOCC2)nc2cc(C(=O)NCC(=O)O)ccc21. The number of carbonyl (C=O) groups is 2. The van der Waals surface area contributed by atoms with Crippen molar-refractivity contribution >= 4 is 28.9 Å². The Kier molecular flexibility index (Phi) is 4.16. The van der Waals surface area contributed by atoms with Gasteiger partial charge < -0.3 is 24.6 Å². The highest BCUT2D eigenvalue weighted by atomic mass is 16.5. The van der Waals surface area contributed by atoms with Crippen molar-refractivity contribution in [3.8, 4) is 0 Å². The number of nitrogens with zero attached hydrogens (tertiary/aromatic N) is 3. The average Bonchev–Trinajstić information content (AvgIpc) is 2.90. The fraction of sp³-hybridized carbons (Fsp3) is 0.400. The molecule has 23 heavy (non-hydrogen) atoms. The van der Waals surface area contributed by atoms with Crippen LogP contribution < -0.4 is 10.2 Å². The molecule has 0 bridgehead atoms. The van der Waals surface area contributed by atoms with Gasteiger partial charge in [0, 0.05) is 25.7 Å². The molecule has 2 N–H and O–H groups in total. The summed E-state index contributed by atoms with van der Waals surface area (Å²) in [4.78, 5) is 29.2. The van der Waals surface area contributed by atoms with Crippen molar-refractivity contribution < 1.29 is 19.4 Å². The molecule has 0 unspecified atom stereocenters. The number of ether oxygens (including phenoxy) is 1. The number of hydrogen-bond donors (Lipinski definition) is 2. The number of aryl methyl sites for hydroxylation is 1. The van der Waals surface area contributed by atoms with Crippen molar-refractivity contribution in [2.45, 2.75) is 0 Å². The Morgan fingerprint density at radius 2 is 2.09 bits per heavy atom. The van der Waals surface area contributed by atoms with Gasteiger partial charge in [-0.15, -0.1) is 0 Å². The van der Waals surface area contributed by atoms with Crippen LogP contribution in [0.5, 0.6) is 0 Å². The number of nitrogens with one attached hydrogen (secondary N) is 1. The molecule has 0 atom stereocenters. The molecule has 0 radical (unpaired) electrons. The van der Waals surface area contributed by atoms with E-state index in [0.717, 1.165) is 24.6 Å². The van der Waals surface area contributed by atoms with Crippen LogP contribution in [0, 0.1) is 0 Å². The third-order valence-corrected chi connectivity index (χ3v) is 3.81. The van der Waals surface area contributed by atoms with Crippen LogP contribution >= 0.6 is 0 Å². The lowest BCUT2D eigenvalue weighted by Crippen LogP contribution is -2.37. The van der Waals surface area contributed by atoms with Crippen LogP contribution in [-0.4, -0.2) is 59.4 Å². The van der Waals surface area contributed by atoms with Crippen LogP contribution in [0.2, 0.25) is 0 Å². The van der Waals surface area contributed by atoms with Crippen LogP contribution in [0.15, 0.2) is 18.2 Å². The largest absolute Gasteiger partial charge is 0.480 e. The lowest BCUT2D eigenvalue weighted by molar-refractivity contribution is -0.135. The molecule has 0 aliphatic carbocycles. The maximum Gasteiger partial charge on any atom is 0.322 e.